The molecule has 3 heterocycles. The van der Waals surface area contributed by atoms with E-state index in [4.69, 9.17) is 0 Å². The van der Waals surface area contributed by atoms with E-state index in [1.165, 1.54) is 0 Å². The number of hydrogen-bond donors (Lipinski definition) is 1. The highest BCUT2D eigenvalue weighted by atomic mass is 127. The van der Waals surface area contributed by atoms with Gasteiger partial charge in [-0.2, -0.15) is 5.10 Å². The number of nitrogens with one attached hydrogen (secondary N) is 1. The molecule has 0 bridgehead atoms. The number of rotatable bonds is 3. The van der Waals surface area contributed by atoms with Crippen molar-refractivity contribution in [3.8, 4) is 33.9 Å². The highest BCUT2D eigenvalue weighted by molar-refractivity contribution is 14.1. The molecule has 3 aromatic heterocycles. The summed E-state index contributed by atoms with van der Waals surface area (Å²) in [6, 6.07) is 14.1. The van der Waals surface area contributed by atoms with Gasteiger partial charge in [0.05, 0.1) is 41.0 Å². The number of nitrogens with zero attached hydrogens (tertiary/aromatic N) is 4. The lowest BCUT2D eigenvalue weighted by Gasteiger charge is -2.00. The Hall–Kier alpha value is -2.48. The molecule has 6 heteroatoms. The Kier molecular flexibility index (Phi) is 3.66. The van der Waals surface area contributed by atoms with Gasteiger partial charge in [0.2, 0.25) is 0 Å². The molecule has 0 atom stereocenters. The Balaban J connectivity index is 1.70. The van der Waals surface area contributed by atoms with E-state index in [9.17, 15) is 0 Å². The maximum atomic E-state index is 4.46. The summed E-state index contributed by atoms with van der Waals surface area (Å²) in [6.07, 6.45) is 7.43. The fraction of sp³-hybridized carbons (Fsp3) is 0. The molecular formula is C17H12IN5. The Labute approximate surface area is 146 Å². The number of benzene rings is 1. The van der Waals surface area contributed by atoms with Crippen LogP contribution >= 0.6 is 22.9 Å². The normalized spacial score (nSPS) is 10.8. The third-order valence-corrected chi connectivity index (χ3v) is 4.08. The average molecular weight is 413 g/mol. The molecule has 0 fully saturated rings. The van der Waals surface area contributed by atoms with Crippen molar-refractivity contribution >= 4 is 22.9 Å². The third-order valence-electron chi connectivity index (χ3n) is 3.55. The topological polar surface area (TPSA) is 59.4 Å². The quantitative estimate of drug-likeness (QED) is 0.513. The first kappa shape index (κ1) is 14.1. The SMILES string of the molecule is In1cc(-c2ccnc(-c3ncc(-c4ccccc4)[nH]3)c2)cn1. The molecule has 1 aromatic carbocycles. The number of aromatic nitrogens is 5. The van der Waals surface area contributed by atoms with Gasteiger partial charge in [0.25, 0.3) is 0 Å². The van der Waals surface area contributed by atoms with E-state index < -0.39 is 0 Å². The van der Waals surface area contributed by atoms with Crippen LogP contribution in [0.25, 0.3) is 33.9 Å². The fourth-order valence-electron chi connectivity index (χ4n) is 2.40. The first-order chi connectivity index (χ1) is 11.3. The largest absolute Gasteiger partial charge is 0.337 e. The summed E-state index contributed by atoms with van der Waals surface area (Å²) in [5.41, 5.74) is 5.01. The monoisotopic (exact) mass is 413 g/mol. The minimum absolute atomic E-state index is 0.757. The van der Waals surface area contributed by atoms with Gasteiger partial charge in [-0.25, -0.2) is 7.88 Å². The van der Waals surface area contributed by atoms with Crippen LogP contribution in [-0.4, -0.2) is 22.9 Å². The van der Waals surface area contributed by atoms with Crippen molar-refractivity contribution in [3.05, 3.63) is 67.3 Å². The van der Waals surface area contributed by atoms with Crippen molar-refractivity contribution in [3.63, 3.8) is 0 Å². The van der Waals surface area contributed by atoms with E-state index in [0.717, 1.165) is 33.9 Å². The van der Waals surface area contributed by atoms with Crippen LogP contribution in [0.2, 0.25) is 0 Å². The van der Waals surface area contributed by atoms with Crippen LogP contribution in [-0.2, 0) is 0 Å². The highest BCUT2D eigenvalue weighted by Gasteiger charge is 2.08. The molecule has 0 saturated carbocycles. The van der Waals surface area contributed by atoms with Gasteiger partial charge in [0.15, 0.2) is 5.82 Å². The van der Waals surface area contributed by atoms with Crippen molar-refractivity contribution in [2.75, 3.05) is 0 Å². The second kappa shape index (κ2) is 5.96. The molecule has 0 unspecified atom stereocenters. The van der Waals surface area contributed by atoms with Crippen molar-refractivity contribution in [1.29, 1.82) is 0 Å². The van der Waals surface area contributed by atoms with E-state index in [1.807, 2.05) is 48.9 Å². The lowest BCUT2D eigenvalue weighted by Crippen LogP contribution is -1.87. The Bertz CT molecular complexity index is 942. The second-order valence-electron chi connectivity index (χ2n) is 5.06. The molecule has 0 amide bonds. The van der Waals surface area contributed by atoms with E-state index >= 15 is 0 Å². The standard InChI is InChI=1S/C17H12IN5/c18-23-11-14(9-21-23)13-6-7-19-15(8-13)17-20-10-16(22-17)12-4-2-1-3-5-12/h1-11H,(H,20,22). The number of aromatic amines is 1. The van der Waals surface area contributed by atoms with Crippen LogP contribution in [0.15, 0.2) is 67.3 Å². The Morgan fingerprint density at radius 2 is 1.78 bits per heavy atom. The van der Waals surface area contributed by atoms with Crippen LogP contribution in [0.1, 0.15) is 0 Å². The summed E-state index contributed by atoms with van der Waals surface area (Å²) in [6.45, 7) is 0. The van der Waals surface area contributed by atoms with Gasteiger partial charge in [-0.1, -0.05) is 30.3 Å². The minimum atomic E-state index is 0.757. The Morgan fingerprint density at radius 1 is 0.913 bits per heavy atom. The highest BCUT2D eigenvalue weighted by Crippen LogP contribution is 2.25. The average Bonchev–Trinajstić information content (AvgIpc) is 3.25. The molecule has 112 valence electrons. The number of imidazole rings is 1. The number of halogens is 1. The zero-order valence-corrected chi connectivity index (χ0v) is 14.2. The molecule has 0 radical (unpaired) electrons. The van der Waals surface area contributed by atoms with Gasteiger partial charge in [0, 0.05) is 18.0 Å². The molecular weight excluding hydrogens is 401 g/mol. The fourth-order valence-corrected chi connectivity index (χ4v) is 2.83. The third kappa shape index (κ3) is 2.89. The molecule has 0 aliphatic rings. The summed E-state index contributed by atoms with van der Waals surface area (Å²) in [5.74, 6) is 0.757. The molecule has 0 aliphatic heterocycles. The summed E-state index contributed by atoms with van der Waals surface area (Å²) < 4.78 is 1.76. The molecule has 4 aromatic rings. The van der Waals surface area contributed by atoms with E-state index in [0.29, 0.717) is 0 Å². The molecule has 5 nitrogen and oxygen atoms in total. The van der Waals surface area contributed by atoms with Crippen LogP contribution in [0.4, 0.5) is 0 Å². The molecule has 0 spiro atoms. The van der Waals surface area contributed by atoms with Gasteiger partial charge < -0.3 is 4.98 Å². The lowest BCUT2D eigenvalue weighted by molar-refractivity contribution is 1.06. The maximum Gasteiger partial charge on any atom is 0.156 e. The van der Waals surface area contributed by atoms with Crippen molar-refractivity contribution in [1.82, 2.24) is 22.9 Å². The molecule has 23 heavy (non-hydrogen) atoms. The maximum absolute atomic E-state index is 4.46. The van der Waals surface area contributed by atoms with Crippen LogP contribution in [0.5, 0.6) is 0 Å². The minimum Gasteiger partial charge on any atom is -0.337 e. The molecule has 1 N–H and O–H groups in total. The molecule has 0 saturated heterocycles. The van der Waals surface area contributed by atoms with Crippen LogP contribution in [0.3, 0.4) is 0 Å². The van der Waals surface area contributed by atoms with E-state index in [2.05, 4.69) is 55.0 Å². The molecule has 0 aliphatic carbocycles. The summed E-state index contributed by atoms with van der Waals surface area (Å²) in [4.78, 5) is 12.2. The first-order valence-corrected chi connectivity index (χ1v) is 8.04. The van der Waals surface area contributed by atoms with Gasteiger partial charge in [0.1, 0.15) is 5.69 Å². The van der Waals surface area contributed by atoms with Crippen LogP contribution < -0.4 is 0 Å². The van der Waals surface area contributed by atoms with Gasteiger partial charge >= 0.3 is 0 Å². The van der Waals surface area contributed by atoms with Gasteiger partial charge in [-0.3, -0.25) is 4.98 Å². The van der Waals surface area contributed by atoms with E-state index in [-0.39, 0.29) is 0 Å². The first-order valence-electron chi connectivity index (χ1n) is 7.08. The smallest absolute Gasteiger partial charge is 0.156 e. The summed E-state index contributed by atoms with van der Waals surface area (Å²) in [5, 5.41) is 4.20. The van der Waals surface area contributed by atoms with E-state index in [1.54, 1.807) is 9.09 Å². The zero-order valence-electron chi connectivity index (χ0n) is 12.0. The predicted molar refractivity (Wildman–Crippen MR) is 97.9 cm³/mol. The van der Waals surface area contributed by atoms with Crippen molar-refractivity contribution < 1.29 is 0 Å². The predicted octanol–water partition coefficient (Wildman–Crippen LogP) is 4.20. The van der Waals surface area contributed by atoms with Crippen molar-refractivity contribution in [2.45, 2.75) is 0 Å². The number of H-pyrrole nitrogens is 1. The lowest BCUT2D eigenvalue weighted by atomic mass is 10.1. The number of hydrogen-bond acceptors (Lipinski definition) is 3. The summed E-state index contributed by atoms with van der Waals surface area (Å²) >= 11 is 2.13. The summed E-state index contributed by atoms with van der Waals surface area (Å²) in [7, 11) is 0. The van der Waals surface area contributed by atoms with Gasteiger partial charge in [-0.15, -0.1) is 0 Å². The zero-order chi connectivity index (χ0) is 15.6. The van der Waals surface area contributed by atoms with Gasteiger partial charge in [-0.05, 0) is 23.3 Å². The molecule has 4 rings (SSSR count). The Morgan fingerprint density at radius 3 is 2.57 bits per heavy atom. The second-order valence-corrected chi connectivity index (χ2v) is 6.05. The number of pyridine rings is 1. The van der Waals surface area contributed by atoms with Crippen LogP contribution in [0, 0.1) is 0 Å². The van der Waals surface area contributed by atoms with Crippen molar-refractivity contribution in [2.24, 2.45) is 0 Å².